The number of hydrogen-bond donors (Lipinski definition) is 2. The minimum Gasteiger partial charge on any atom is -0.394 e. The van der Waals surface area contributed by atoms with Gasteiger partial charge in [0.15, 0.2) is 0 Å². The first-order valence-corrected chi connectivity index (χ1v) is 10.2. The van der Waals surface area contributed by atoms with Crippen molar-refractivity contribution in [2.75, 3.05) is 26.7 Å². The van der Waals surface area contributed by atoms with Crippen LogP contribution in [-0.2, 0) is 14.6 Å². The number of nitrogens with zero attached hydrogens (tertiary/aromatic N) is 1. The van der Waals surface area contributed by atoms with Gasteiger partial charge in [-0.2, -0.15) is 8.42 Å². The molecule has 0 aromatic carbocycles. The highest BCUT2D eigenvalue weighted by Crippen LogP contribution is 2.10. The van der Waals surface area contributed by atoms with Crippen molar-refractivity contribution in [2.45, 2.75) is 77.2 Å². The molecule has 0 aliphatic heterocycles. The first-order valence-electron chi connectivity index (χ1n) is 8.84. The van der Waals surface area contributed by atoms with Crippen molar-refractivity contribution in [3.8, 4) is 0 Å². The summed E-state index contributed by atoms with van der Waals surface area (Å²) in [6.45, 7) is 2.88. The SMILES string of the molecule is CCCCCCCCCCCCN(C)CC(CO)OS(=O)(=O)O. The molecule has 0 amide bonds. The van der Waals surface area contributed by atoms with Crippen molar-refractivity contribution in [3.05, 3.63) is 0 Å². The fraction of sp³-hybridized carbons (Fsp3) is 1.00. The number of likely N-dealkylation sites (N-methyl/N-ethyl adjacent to an activating group) is 1. The highest BCUT2D eigenvalue weighted by molar-refractivity contribution is 7.80. The third-order valence-electron chi connectivity index (χ3n) is 3.87. The summed E-state index contributed by atoms with van der Waals surface area (Å²) in [5, 5.41) is 9.06. The molecule has 1 atom stereocenters. The molecule has 1 unspecified atom stereocenters. The first kappa shape index (κ1) is 22.8. The Morgan fingerprint density at radius 2 is 1.43 bits per heavy atom. The van der Waals surface area contributed by atoms with Crippen molar-refractivity contribution in [3.63, 3.8) is 0 Å². The summed E-state index contributed by atoms with van der Waals surface area (Å²) in [5.41, 5.74) is 0. The Labute approximate surface area is 142 Å². The fourth-order valence-corrected chi connectivity index (χ4v) is 3.06. The summed E-state index contributed by atoms with van der Waals surface area (Å²) in [6.07, 6.45) is 11.8. The second-order valence-electron chi connectivity index (χ2n) is 6.27. The molecule has 0 saturated heterocycles. The normalized spacial score (nSPS) is 13.6. The molecule has 0 bridgehead atoms. The zero-order valence-corrected chi connectivity index (χ0v) is 15.6. The van der Waals surface area contributed by atoms with Gasteiger partial charge in [0.1, 0.15) is 6.10 Å². The number of aliphatic hydroxyl groups excluding tert-OH is 1. The largest absolute Gasteiger partial charge is 0.397 e. The van der Waals surface area contributed by atoms with Crippen LogP contribution in [0.5, 0.6) is 0 Å². The zero-order chi connectivity index (χ0) is 17.6. The highest BCUT2D eigenvalue weighted by atomic mass is 32.3. The van der Waals surface area contributed by atoms with Gasteiger partial charge in [0.2, 0.25) is 0 Å². The van der Waals surface area contributed by atoms with E-state index in [4.69, 9.17) is 9.66 Å². The lowest BCUT2D eigenvalue weighted by atomic mass is 10.1. The minimum atomic E-state index is -4.51. The molecule has 0 rings (SSSR count). The predicted octanol–water partition coefficient (Wildman–Crippen LogP) is 3.02. The lowest BCUT2D eigenvalue weighted by molar-refractivity contribution is 0.0792. The van der Waals surface area contributed by atoms with E-state index in [-0.39, 0.29) is 6.54 Å². The Morgan fingerprint density at radius 1 is 0.957 bits per heavy atom. The number of unbranched alkanes of at least 4 members (excludes halogenated alkanes) is 9. The Balaban J connectivity index is 3.53. The predicted molar refractivity (Wildman–Crippen MR) is 92.8 cm³/mol. The molecule has 0 saturated carbocycles. The molecule has 0 fully saturated rings. The van der Waals surface area contributed by atoms with Gasteiger partial charge in [-0.3, -0.25) is 4.55 Å². The minimum absolute atomic E-state index is 0.272. The van der Waals surface area contributed by atoms with Crippen LogP contribution in [0.3, 0.4) is 0 Å². The Hall–Kier alpha value is -0.210. The summed E-state index contributed by atoms with van der Waals surface area (Å²) >= 11 is 0. The van der Waals surface area contributed by atoms with E-state index >= 15 is 0 Å². The Bertz CT molecular complexity index is 361. The van der Waals surface area contributed by atoms with E-state index in [0.717, 1.165) is 19.4 Å². The first-order chi connectivity index (χ1) is 10.9. The topological polar surface area (TPSA) is 87.1 Å². The summed E-state index contributed by atoms with van der Waals surface area (Å²) in [4.78, 5) is 1.91. The molecule has 6 nitrogen and oxygen atoms in total. The van der Waals surface area contributed by atoms with Gasteiger partial charge in [0.05, 0.1) is 6.61 Å². The molecule has 0 aromatic heterocycles. The van der Waals surface area contributed by atoms with Crippen LogP contribution in [0.1, 0.15) is 71.1 Å². The van der Waals surface area contributed by atoms with Crippen molar-refractivity contribution in [1.82, 2.24) is 4.90 Å². The zero-order valence-electron chi connectivity index (χ0n) is 14.7. The van der Waals surface area contributed by atoms with Crippen LogP contribution in [0.25, 0.3) is 0 Å². The average Bonchev–Trinajstić information content (AvgIpc) is 2.47. The van der Waals surface area contributed by atoms with Crippen LogP contribution in [0, 0.1) is 0 Å². The molecule has 0 aliphatic carbocycles. The van der Waals surface area contributed by atoms with Crippen LogP contribution in [0.4, 0.5) is 0 Å². The third kappa shape index (κ3) is 16.4. The van der Waals surface area contributed by atoms with Gasteiger partial charge in [-0.1, -0.05) is 64.7 Å². The number of aliphatic hydroxyl groups is 1. The van der Waals surface area contributed by atoms with E-state index in [0.29, 0.717) is 0 Å². The summed E-state index contributed by atoms with van der Waals surface area (Å²) in [7, 11) is -2.66. The van der Waals surface area contributed by atoms with E-state index in [1.165, 1.54) is 51.4 Å². The molecule has 0 radical (unpaired) electrons. The quantitative estimate of drug-likeness (QED) is 0.328. The second kappa shape index (κ2) is 14.2. The summed E-state index contributed by atoms with van der Waals surface area (Å²) in [5.74, 6) is 0. The Morgan fingerprint density at radius 3 is 1.87 bits per heavy atom. The standard InChI is InChI=1S/C16H35NO5S/c1-3-4-5-6-7-8-9-10-11-12-13-17(2)14-16(15-18)22-23(19,20)21/h16,18H,3-15H2,1-2H3,(H,19,20,21). The van der Waals surface area contributed by atoms with Gasteiger partial charge in [0.25, 0.3) is 0 Å². The lowest BCUT2D eigenvalue weighted by Crippen LogP contribution is -2.35. The molecular formula is C16H35NO5S. The molecular weight excluding hydrogens is 318 g/mol. The maximum absolute atomic E-state index is 10.6. The van der Waals surface area contributed by atoms with E-state index < -0.39 is 23.1 Å². The van der Waals surface area contributed by atoms with Gasteiger partial charge in [-0.25, -0.2) is 4.18 Å². The van der Waals surface area contributed by atoms with Gasteiger partial charge in [-0.15, -0.1) is 0 Å². The third-order valence-corrected chi connectivity index (χ3v) is 4.39. The maximum atomic E-state index is 10.6. The summed E-state index contributed by atoms with van der Waals surface area (Å²) in [6, 6.07) is 0. The van der Waals surface area contributed by atoms with Crippen LogP contribution in [0.15, 0.2) is 0 Å². The van der Waals surface area contributed by atoms with E-state index in [9.17, 15) is 8.42 Å². The second-order valence-corrected chi connectivity index (χ2v) is 7.32. The van der Waals surface area contributed by atoms with Crippen LogP contribution >= 0.6 is 0 Å². The van der Waals surface area contributed by atoms with Gasteiger partial charge >= 0.3 is 10.4 Å². The number of rotatable bonds is 16. The van der Waals surface area contributed by atoms with Gasteiger partial charge < -0.3 is 10.0 Å². The van der Waals surface area contributed by atoms with Crippen LogP contribution in [0.2, 0.25) is 0 Å². The van der Waals surface area contributed by atoms with Crippen molar-refractivity contribution >= 4 is 10.4 Å². The molecule has 23 heavy (non-hydrogen) atoms. The molecule has 0 heterocycles. The van der Waals surface area contributed by atoms with Crippen molar-refractivity contribution in [1.29, 1.82) is 0 Å². The molecule has 140 valence electrons. The van der Waals surface area contributed by atoms with Crippen molar-refractivity contribution in [2.24, 2.45) is 0 Å². The number of hydrogen-bond acceptors (Lipinski definition) is 5. The van der Waals surface area contributed by atoms with E-state index in [1.807, 2.05) is 11.9 Å². The van der Waals surface area contributed by atoms with E-state index in [1.54, 1.807) is 0 Å². The molecule has 2 N–H and O–H groups in total. The average molecular weight is 354 g/mol. The smallest absolute Gasteiger partial charge is 0.394 e. The van der Waals surface area contributed by atoms with Crippen LogP contribution in [-0.4, -0.2) is 55.8 Å². The van der Waals surface area contributed by atoms with Gasteiger partial charge in [-0.05, 0) is 20.0 Å². The monoisotopic (exact) mass is 353 g/mol. The molecule has 0 aromatic rings. The molecule has 7 heteroatoms. The van der Waals surface area contributed by atoms with Gasteiger partial charge in [0, 0.05) is 6.54 Å². The van der Waals surface area contributed by atoms with Crippen molar-refractivity contribution < 1.29 is 22.3 Å². The molecule has 0 aliphatic rings. The molecule has 0 spiro atoms. The highest BCUT2D eigenvalue weighted by Gasteiger charge is 2.17. The van der Waals surface area contributed by atoms with Crippen LogP contribution < -0.4 is 0 Å². The summed E-state index contributed by atoms with van der Waals surface area (Å²) < 4.78 is 34.3. The van der Waals surface area contributed by atoms with E-state index in [2.05, 4.69) is 11.1 Å². The fourth-order valence-electron chi connectivity index (χ4n) is 2.60. The lowest BCUT2D eigenvalue weighted by Gasteiger charge is -2.21. The maximum Gasteiger partial charge on any atom is 0.397 e. The Kier molecular flexibility index (Phi) is 14.0.